The molecule has 2 heterocycles. The fourth-order valence-electron chi connectivity index (χ4n) is 3.74. The number of anilines is 1. The normalized spacial score (nSPS) is 16.9. The number of hydrogen-bond acceptors (Lipinski definition) is 4. The second-order valence-corrected chi connectivity index (χ2v) is 8.15. The summed E-state index contributed by atoms with van der Waals surface area (Å²) in [6.07, 6.45) is 0.514. The summed E-state index contributed by atoms with van der Waals surface area (Å²) in [5, 5.41) is 8.36. The summed E-state index contributed by atoms with van der Waals surface area (Å²) in [5.74, 6) is -0.156. The third-order valence-electron chi connectivity index (χ3n) is 5.22. The zero-order chi connectivity index (χ0) is 22.0. The Morgan fingerprint density at radius 3 is 2.61 bits per heavy atom. The molecule has 1 aliphatic rings. The van der Waals surface area contributed by atoms with Crippen molar-refractivity contribution in [1.82, 2.24) is 20.6 Å². The molecule has 2 atom stereocenters. The Labute approximate surface area is 179 Å². The van der Waals surface area contributed by atoms with Gasteiger partial charge in [0.1, 0.15) is 11.9 Å². The molecule has 0 radical (unpaired) electrons. The lowest BCUT2D eigenvalue weighted by Crippen LogP contribution is -2.45. The first-order valence-corrected chi connectivity index (χ1v) is 10.4. The molecule has 0 unspecified atom stereocenters. The lowest BCUT2D eigenvalue weighted by atomic mass is 10.0. The van der Waals surface area contributed by atoms with Gasteiger partial charge in [-0.2, -0.15) is 0 Å². The SMILES string of the molecule is CC(C)C[C@H](NC(=O)C[C@@H]1NC(=O)c2ccccc2NC1=O)c1nc2ccccc2[nH]1. The van der Waals surface area contributed by atoms with Crippen molar-refractivity contribution in [1.29, 1.82) is 0 Å². The van der Waals surface area contributed by atoms with Crippen LogP contribution in [-0.4, -0.2) is 33.7 Å². The van der Waals surface area contributed by atoms with Gasteiger partial charge in [-0.3, -0.25) is 14.4 Å². The maximum absolute atomic E-state index is 12.8. The third kappa shape index (κ3) is 4.58. The number of imidazole rings is 1. The minimum absolute atomic E-state index is 0.166. The summed E-state index contributed by atoms with van der Waals surface area (Å²) < 4.78 is 0. The minimum atomic E-state index is -0.963. The van der Waals surface area contributed by atoms with E-state index in [0.29, 0.717) is 29.4 Å². The number of fused-ring (bicyclic) bond motifs is 2. The van der Waals surface area contributed by atoms with Gasteiger partial charge in [-0.1, -0.05) is 38.1 Å². The fourth-order valence-corrected chi connectivity index (χ4v) is 3.74. The molecular formula is C23H25N5O3. The molecule has 31 heavy (non-hydrogen) atoms. The maximum atomic E-state index is 12.8. The number of aromatic nitrogens is 2. The van der Waals surface area contributed by atoms with Crippen LogP contribution in [0.5, 0.6) is 0 Å². The van der Waals surface area contributed by atoms with Crippen LogP contribution in [0.4, 0.5) is 5.69 Å². The third-order valence-corrected chi connectivity index (χ3v) is 5.22. The molecule has 8 heteroatoms. The Kier molecular flexibility index (Phi) is 5.70. The zero-order valence-corrected chi connectivity index (χ0v) is 17.4. The van der Waals surface area contributed by atoms with Crippen LogP contribution >= 0.6 is 0 Å². The number of hydrogen-bond donors (Lipinski definition) is 4. The van der Waals surface area contributed by atoms with E-state index in [1.54, 1.807) is 24.3 Å². The summed E-state index contributed by atoms with van der Waals surface area (Å²) >= 11 is 0. The molecule has 2 aromatic carbocycles. The van der Waals surface area contributed by atoms with Crippen molar-refractivity contribution in [3.63, 3.8) is 0 Å². The number of carbonyl (C=O) groups excluding carboxylic acids is 3. The van der Waals surface area contributed by atoms with Gasteiger partial charge in [0, 0.05) is 0 Å². The van der Waals surface area contributed by atoms with Crippen LogP contribution in [0.15, 0.2) is 48.5 Å². The highest BCUT2D eigenvalue weighted by Gasteiger charge is 2.30. The highest BCUT2D eigenvalue weighted by Crippen LogP contribution is 2.23. The molecule has 0 saturated carbocycles. The fraction of sp³-hybridized carbons (Fsp3) is 0.304. The van der Waals surface area contributed by atoms with E-state index in [1.807, 2.05) is 24.3 Å². The lowest BCUT2D eigenvalue weighted by Gasteiger charge is -2.20. The molecule has 160 valence electrons. The number of H-pyrrole nitrogens is 1. The van der Waals surface area contributed by atoms with Crippen LogP contribution in [0.25, 0.3) is 11.0 Å². The van der Waals surface area contributed by atoms with Gasteiger partial charge in [0.05, 0.1) is 34.7 Å². The van der Waals surface area contributed by atoms with E-state index in [-0.39, 0.29) is 24.3 Å². The minimum Gasteiger partial charge on any atom is -0.346 e. The van der Waals surface area contributed by atoms with Gasteiger partial charge in [0.2, 0.25) is 11.8 Å². The van der Waals surface area contributed by atoms with Gasteiger partial charge >= 0.3 is 0 Å². The smallest absolute Gasteiger partial charge is 0.254 e. The molecule has 0 saturated heterocycles. The largest absolute Gasteiger partial charge is 0.346 e. The van der Waals surface area contributed by atoms with Gasteiger partial charge in [0.15, 0.2) is 0 Å². The van der Waals surface area contributed by atoms with Gasteiger partial charge in [-0.05, 0) is 36.6 Å². The van der Waals surface area contributed by atoms with Crippen molar-refractivity contribution in [2.45, 2.75) is 38.8 Å². The van der Waals surface area contributed by atoms with Crippen LogP contribution in [0.1, 0.15) is 48.9 Å². The van der Waals surface area contributed by atoms with Crippen molar-refractivity contribution < 1.29 is 14.4 Å². The van der Waals surface area contributed by atoms with E-state index >= 15 is 0 Å². The monoisotopic (exact) mass is 419 g/mol. The topological polar surface area (TPSA) is 116 Å². The Balaban J connectivity index is 1.49. The van der Waals surface area contributed by atoms with Crippen LogP contribution in [-0.2, 0) is 9.59 Å². The molecule has 0 aliphatic carbocycles. The average Bonchev–Trinajstić information content (AvgIpc) is 3.12. The molecular weight excluding hydrogens is 394 g/mol. The molecule has 1 aliphatic heterocycles. The maximum Gasteiger partial charge on any atom is 0.254 e. The number of nitrogens with zero attached hydrogens (tertiary/aromatic N) is 1. The molecule has 0 bridgehead atoms. The summed E-state index contributed by atoms with van der Waals surface area (Å²) in [6, 6.07) is 13.1. The van der Waals surface area contributed by atoms with Crippen LogP contribution in [0.2, 0.25) is 0 Å². The number of benzene rings is 2. The summed E-state index contributed by atoms with van der Waals surface area (Å²) in [4.78, 5) is 45.8. The lowest BCUT2D eigenvalue weighted by molar-refractivity contribution is -0.126. The highest BCUT2D eigenvalue weighted by molar-refractivity contribution is 6.10. The molecule has 3 amide bonds. The Hall–Kier alpha value is -3.68. The second-order valence-electron chi connectivity index (χ2n) is 8.15. The van der Waals surface area contributed by atoms with Gasteiger partial charge < -0.3 is 20.9 Å². The standard InChI is InChI=1S/C23H25N5O3/c1-13(2)11-18(21-25-16-9-5-6-10-17(16)26-21)24-20(29)12-19-23(31)27-15-8-4-3-7-14(15)22(30)28-19/h3-10,13,18-19H,11-12H2,1-2H3,(H,24,29)(H,25,26)(H,27,31)(H,28,30)/t18-,19-/m0/s1. The predicted octanol–water partition coefficient (Wildman–Crippen LogP) is 2.91. The Morgan fingerprint density at radius 2 is 1.84 bits per heavy atom. The average molecular weight is 419 g/mol. The van der Waals surface area contributed by atoms with Gasteiger partial charge in [0.25, 0.3) is 5.91 Å². The number of carbonyl (C=O) groups is 3. The van der Waals surface area contributed by atoms with E-state index in [4.69, 9.17) is 0 Å². The van der Waals surface area contributed by atoms with Crippen molar-refractivity contribution in [2.75, 3.05) is 5.32 Å². The van der Waals surface area contributed by atoms with Crippen LogP contribution in [0, 0.1) is 5.92 Å². The van der Waals surface area contributed by atoms with Gasteiger partial charge in [-0.15, -0.1) is 0 Å². The van der Waals surface area contributed by atoms with Crippen LogP contribution < -0.4 is 16.0 Å². The van der Waals surface area contributed by atoms with E-state index < -0.39 is 11.9 Å². The van der Waals surface area contributed by atoms with E-state index in [0.717, 1.165) is 11.0 Å². The quantitative estimate of drug-likeness (QED) is 0.492. The molecule has 0 spiro atoms. The molecule has 8 nitrogen and oxygen atoms in total. The molecule has 4 rings (SSSR count). The molecule has 0 fully saturated rings. The van der Waals surface area contributed by atoms with Crippen molar-refractivity contribution in [3.8, 4) is 0 Å². The second kappa shape index (κ2) is 8.59. The number of para-hydroxylation sites is 3. The summed E-state index contributed by atoms with van der Waals surface area (Å²) in [6.45, 7) is 4.13. The predicted molar refractivity (Wildman–Crippen MR) is 117 cm³/mol. The first-order valence-electron chi connectivity index (χ1n) is 10.4. The van der Waals surface area contributed by atoms with Crippen molar-refractivity contribution in [2.24, 2.45) is 5.92 Å². The van der Waals surface area contributed by atoms with Gasteiger partial charge in [-0.25, -0.2) is 4.98 Å². The summed E-state index contributed by atoms with van der Waals surface area (Å²) in [7, 11) is 0. The molecule has 3 aromatic rings. The zero-order valence-electron chi connectivity index (χ0n) is 17.4. The Morgan fingerprint density at radius 1 is 1.10 bits per heavy atom. The molecule has 4 N–H and O–H groups in total. The first-order chi connectivity index (χ1) is 14.9. The van der Waals surface area contributed by atoms with E-state index in [1.165, 1.54) is 0 Å². The van der Waals surface area contributed by atoms with Crippen molar-refractivity contribution in [3.05, 3.63) is 59.9 Å². The Bertz CT molecular complexity index is 1100. The van der Waals surface area contributed by atoms with E-state index in [9.17, 15) is 14.4 Å². The molecule has 1 aromatic heterocycles. The number of aromatic amines is 1. The number of rotatable bonds is 6. The summed E-state index contributed by atoms with van der Waals surface area (Å²) in [5.41, 5.74) is 2.54. The number of amides is 3. The van der Waals surface area contributed by atoms with Crippen LogP contribution in [0.3, 0.4) is 0 Å². The van der Waals surface area contributed by atoms with E-state index in [2.05, 4.69) is 39.8 Å². The highest BCUT2D eigenvalue weighted by atomic mass is 16.2. The first kappa shape index (κ1) is 20.6. The number of nitrogens with one attached hydrogen (secondary N) is 4. The van der Waals surface area contributed by atoms with Crippen molar-refractivity contribution >= 4 is 34.4 Å².